The number of ether oxygens (including phenoxy) is 1. The first-order valence-corrected chi connectivity index (χ1v) is 4.64. The first kappa shape index (κ1) is 10.4. The molecule has 0 aromatic carbocycles. The minimum absolute atomic E-state index is 0.0972. The first-order valence-electron chi connectivity index (χ1n) is 4.64. The van der Waals surface area contributed by atoms with Gasteiger partial charge in [-0.15, -0.1) is 0 Å². The van der Waals surface area contributed by atoms with Crippen LogP contribution in [0.25, 0.3) is 0 Å². The maximum absolute atomic E-state index is 13.0. The molecule has 3 nitrogen and oxygen atoms in total. The number of carbonyl (C=O) groups is 1. The predicted molar refractivity (Wildman–Crippen MR) is 44.9 cm³/mol. The van der Waals surface area contributed by atoms with Crippen LogP contribution in [-0.4, -0.2) is 30.0 Å². The average Bonchev–Trinajstić information content (AvgIpc) is 2.10. The molecular formula is C9H15FO3. The molecule has 76 valence electrons. The van der Waals surface area contributed by atoms with Crippen molar-refractivity contribution < 1.29 is 19.0 Å². The molecule has 0 amide bonds. The Bertz CT molecular complexity index is 184. The van der Waals surface area contributed by atoms with Gasteiger partial charge in [-0.3, -0.25) is 4.79 Å². The van der Waals surface area contributed by atoms with Crippen LogP contribution in [0.5, 0.6) is 0 Å². The Balaban J connectivity index is 2.40. The molecule has 1 unspecified atom stereocenters. The van der Waals surface area contributed by atoms with Crippen LogP contribution in [0.15, 0.2) is 0 Å². The zero-order chi connectivity index (χ0) is 9.84. The Hall–Kier alpha value is -0.640. The van der Waals surface area contributed by atoms with Gasteiger partial charge < -0.3 is 9.84 Å². The van der Waals surface area contributed by atoms with Crippen LogP contribution in [0.3, 0.4) is 0 Å². The number of esters is 1. The van der Waals surface area contributed by atoms with E-state index in [1.165, 1.54) is 0 Å². The highest BCUT2D eigenvalue weighted by Gasteiger charge is 2.33. The van der Waals surface area contributed by atoms with Crippen molar-refractivity contribution in [3.8, 4) is 0 Å². The lowest BCUT2D eigenvalue weighted by Crippen LogP contribution is -2.34. The smallest absolute Gasteiger partial charge is 0.309 e. The summed E-state index contributed by atoms with van der Waals surface area (Å²) in [4.78, 5) is 11.2. The Morgan fingerprint density at radius 3 is 2.85 bits per heavy atom. The molecule has 13 heavy (non-hydrogen) atoms. The molecule has 0 saturated heterocycles. The van der Waals surface area contributed by atoms with Crippen LogP contribution in [0.4, 0.5) is 4.39 Å². The fraction of sp³-hybridized carbons (Fsp3) is 0.889. The summed E-state index contributed by atoms with van der Waals surface area (Å²) < 4.78 is 17.7. The SMILES string of the molecule is CCOC(=O)C1CC[C@H](O)[C@@H](F)C1. The van der Waals surface area contributed by atoms with Crippen molar-refractivity contribution in [2.24, 2.45) is 5.92 Å². The number of hydrogen-bond acceptors (Lipinski definition) is 3. The summed E-state index contributed by atoms with van der Waals surface area (Å²) in [5, 5.41) is 9.08. The van der Waals surface area contributed by atoms with E-state index < -0.39 is 12.3 Å². The third kappa shape index (κ3) is 2.66. The molecule has 3 atom stereocenters. The Morgan fingerprint density at radius 2 is 2.31 bits per heavy atom. The monoisotopic (exact) mass is 190 g/mol. The zero-order valence-electron chi connectivity index (χ0n) is 7.70. The molecule has 1 aliphatic carbocycles. The molecule has 4 heteroatoms. The standard InChI is InChI=1S/C9H15FO3/c1-2-13-9(12)6-3-4-8(11)7(10)5-6/h6-8,11H,2-5H2,1H3/t6?,7-,8-/m0/s1. The Labute approximate surface area is 76.9 Å². The van der Waals surface area contributed by atoms with Gasteiger partial charge >= 0.3 is 5.97 Å². The van der Waals surface area contributed by atoms with E-state index in [1.54, 1.807) is 6.92 Å². The lowest BCUT2D eigenvalue weighted by molar-refractivity contribution is -0.151. The van der Waals surface area contributed by atoms with Gasteiger partial charge in [0.15, 0.2) is 0 Å². The second-order valence-electron chi connectivity index (χ2n) is 3.35. The van der Waals surface area contributed by atoms with E-state index in [2.05, 4.69) is 0 Å². The molecule has 0 aliphatic heterocycles. The molecular weight excluding hydrogens is 175 g/mol. The summed E-state index contributed by atoms with van der Waals surface area (Å²) >= 11 is 0. The highest BCUT2D eigenvalue weighted by molar-refractivity contribution is 5.72. The molecule has 0 aromatic heterocycles. The number of aliphatic hydroxyl groups is 1. The van der Waals surface area contributed by atoms with E-state index in [1.807, 2.05) is 0 Å². The molecule has 1 N–H and O–H groups in total. The molecule has 0 aromatic rings. The zero-order valence-corrected chi connectivity index (χ0v) is 7.70. The minimum Gasteiger partial charge on any atom is -0.466 e. The number of alkyl halides is 1. The van der Waals surface area contributed by atoms with Crippen molar-refractivity contribution in [3.05, 3.63) is 0 Å². The van der Waals surface area contributed by atoms with Crippen LogP contribution in [0.1, 0.15) is 26.2 Å². The second kappa shape index (κ2) is 4.56. The van der Waals surface area contributed by atoms with Crippen molar-refractivity contribution in [1.82, 2.24) is 0 Å². The van der Waals surface area contributed by atoms with Crippen LogP contribution in [0.2, 0.25) is 0 Å². The number of rotatable bonds is 2. The van der Waals surface area contributed by atoms with E-state index in [4.69, 9.17) is 9.84 Å². The molecule has 1 aliphatic rings. The molecule has 1 fully saturated rings. The topological polar surface area (TPSA) is 46.5 Å². The summed E-state index contributed by atoms with van der Waals surface area (Å²) in [6, 6.07) is 0. The third-order valence-electron chi connectivity index (χ3n) is 2.36. The predicted octanol–water partition coefficient (Wildman–Crippen LogP) is 1.05. The van der Waals surface area contributed by atoms with E-state index in [0.29, 0.717) is 19.4 Å². The Morgan fingerprint density at radius 1 is 1.62 bits per heavy atom. The van der Waals surface area contributed by atoms with Crippen molar-refractivity contribution in [2.75, 3.05) is 6.61 Å². The lowest BCUT2D eigenvalue weighted by Gasteiger charge is -2.26. The summed E-state index contributed by atoms with van der Waals surface area (Å²) in [5.41, 5.74) is 0. The maximum atomic E-state index is 13.0. The van der Waals surface area contributed by atoms with Gasteiger partial charge in [-0.25, -0.2) is 4.39 Å². The number of hydrogen-bond donors (Lipinski definition) is 1. The van der Waals surface area contributed by atoms with Gasteiger partial charge in [-0.2, -0.15) is 0 Å². The average molecular weight is 190 g/mol. The molecule has 0 heterocycles. The molecule has 1 saturated carbocycles. The summed E-state index contributed by atoms with van der Waals surface area (Å²) in [7, 11) is 0. The van der Waals surface area contributed by atoms with E-state index >= 15 is 0 Å². The van der Waals surface area contributed by atoms with E-state index in [0.717, 1.165) is 0 Å². The summed E-state index contributed by atoms with van der Waals surface area (Å²) in [5.74, 6) is -0.699. The van der Waals surface area contributed by atoms with Crippen LogP contribution in [-0.2, 0) is 9.53 Å². The van der Waals surface area contributed by atoms with Gasteiger partial charge in [0, 0.05) is 0 Å². The third-order valence-corrected chi connectivity index (χ3v) is 2.36. The highest BCUT2D eigenvalue weighted by Crippen LogP contribution is 2.27. The van der Waals surface area contributed by atoms with Gasteiger partial charge in [0.05, 0.1) is 18.6 Å². The second-order valence-corrected chi connectivity index (χ2v) is 3.35. The summed E-state index contributed by atoms with van der Waals surface area (Å²) in [6.07, 6.45) is -1.20. The molecule has 1 rings (SSSR count). The fourth-order valence-electron chi connectivity index (χ4n) is 1.57. The number of carbonyl (C=O) groups excluding carboxylic acids is 1. The van der Waals surface area contributed by atoms with Crippen molar-refractivity contribution in [1.29, 1.82) is 0 Å². The maximum Gasteiger partial charge on any atom is 0.309 e. The lowest BCUT2D eigenvalue weighted by atomic mass is 9.86. The first-order chi connectivity index (χ1) is 6.15. The van der Waals surface area contributed by atoms with Crippen molar-refractivity contribution in [2.45, 2.75) is 38.5 Å². The van der Waals surface area contributed by atoms with Crippen molar-refractivity contribution in [3.63, 3.8) is 0 Å². The van der Waals surface area contributed by atoms with Gasteiger partial charge in [0.1, 0.15) is 6.17 Å². The van der Waals surface area contributed by atoms with Gasteiger partial charge in [0.2, 0.25) is 0 Å². The highest BCUT2D eigenvalue weighted by atomic mass is 19.1. The minimum atomic E-state index is -1.27. The van der Waals surface area contributed by atoms with E-state index in [-0.39, 0.29) is 18.3 Å². The normalized spacial score (nSPS) is 34.2. The largest absolute Gasteiger partial charge is 0.466 e. The van der Waals surface area contributed by atoms with Crippen LogP contribution in [0, 0.1) is 5.92 Å². The van der Waals surface area contributed by atoms with Crippen LogP contribution < -0.4 is 0 Å². The number of aliphatic hydroxyl groups excluding tert-OH is 1. The van der Waals surface area contributed by atoms with Crippen molar-refractivity contribution >= 4 is 5.97 Å². The quantitative estimate of drug-likeness (QED) is 0.662. The molecule has 0 radical (unpaired) electrons. The molecule has 0 bridgehead atoms. The van der Waals surface area contributed by atoms with Gasteiger partial charge in [0.25, 0.3) is 0 Å². The van der Waals surface area contributed by atoms with E-state index in [9.17, 15) is 9.18 Å². The molecule has 0 spiro atoms. The van der Waals surface area contributed by atoms with Gasteiger partial charge in [-0.1, -0.05) is 0 Å². The van der Waals surface area contributed by atoms with Crippen LogP contribution >= 0.6 is 0 Å². The summed E-state index contributed by atoms with van der Waals surface area (Å²) in [6.45, 7) is 2.05. The number of halogens is 1. The fourth-order valence-corrected chi connectivity index (χ4v) is 1.57. The Kier molecular flexibility index (Phi) is 3.66. The van der Waals surface area contributed by atoms with Gasteiger partial charge in [-0.05, 0) is 26.2 Å².